The standard InChI is InChI=1S/C20H26N2O/c1-15(2)13-19(16-9-6-5-7-10-16)21-20(23)17-11-8-12-18(14-17)22(3)4/h5-12,14-15,19H,13H2,1-4H3,(H,21,23)/t19-/m0/s1. The predicted octanol–water partition coefficient (Wildman–Crippen LogP) is 4.27. The summed E-state index contributed by atoms with van der Waals surface area (Å²) in [6.45, 7) is 4.35. The molecule has 122 valence electrons. The summed E-state index contributed by atoms with van der Waals surface area (Å²) in [7, 11) is 3.95. The van der Waals surface area contributed by atoms with E-state index in [4.69, 9.17) is 0 Å². The van der Waals surface area contributed by atoms with Crippen LogP contribution in [0.25, 0.3) is 0 Å². The van der Waals surface area contributed by atoms with E-state index in [-0.39, 0.29) is 11.9 Å². The van der Waals surface area contributed by atoms with Crippen molar-refractivity contribution in [2.75, 3.05) is 19.0 Å². The molecule has 2 aromatic carbocycles. The van der Waals surface area contributed by atoms with Gasteiger partial charge in [-0.2, -0.15) is 0 Å². The first-order valence-corrected chi connectivity index (χ1v) is 8.10. The first-order chi connectivity index (χ1) is 11.0. The molecule has 2 aromatic rings. The molecule has 0 aromatic heterocycles. The maximum absolute atomic E-state index is 12.7. The van der Waals surface area contributed by atoms with E-state index >= 15 is 0 Å². The first-order valence-electron chi connectivity index (χ1n) is 8.10. The van der Waals surface area contributed by atoms with Crippen molar-refractivity contribution in [3.05, 3.63) is 65.7 Å². The Morgan fingerprint density at radius 3 is 2.35 bits per heavy atom. The number of carbonyl (C=O) groups is 1. The van der Waals surface area contributed by atoms with Gasteiger partial charge in [-0.3, -0.25) is 4.79 Å². The molecule has 0 aliphatic heterocycles. The highest BCUT2D eigenvalue weighted by Crippen LogP contribution is 2.22. The lowest BCUT2D eigenvalue weighted by Gasteiger charge is -2.22. The number of amides is 1. The van der Waals surface area contributed by atoms with Gasteiger partial charge < -0.3 is 10.2 Å². The van der Waals surface area contributed by atoms with Crippen LogP contribution >= 0.6 is 0 Å². The zero-order valence-corrected chi connectivity index (χ0v) is 14.4. The second-order valence-corrected chi connectivity index (χ2v) is 6.51. The molecular formula is C20H26N2O. The van der Waals surface area contributed by atoms with E-state index in [9.17, 15) is 4.79 Å². The minimum atomic E-state index is -0.0248. The van der Waals surface area contributed by atoms with Gasteiger partial charge in [0.15, 0.2) is 0 Å². The Morgan fingerprint density at radius 2 is 1.74 bits per heavy atom. The fourth-order valence-corrected chi connectivity index (χ4v) is 2.60. The van der Waals surface area contributed by atoms with Gasteiger partial charge in [0.1, 0.15) is 0 Å². The van der Waals surface area contributed by atoms with Crippen molar-refractivity contribution in [1.29, 1.82) is 0 Å². The van der Waals surface area contributed by atoms with E-state index in [1.54, 1.807) is 0 Å². The molecule has 0 radical (unpaired) electrons. The van der Waals surface area contributed by atoms with Crippen molar-refractivity contribution < 1.29 is 4.79 Å². The maximum Gasteiger partial charge on any atom is 0.251 e. The van der Waals surface area contributed by atoms with Crippen LogP contribution in [0.4, 0.5) is 5.69 Å². The Bertz CT molecular complexity index is 635. The zero-order valence-electron chi connectivity index (χ0n) is 14.4. The molecule has 2 rings (SSSR count). The van der Waals surface area contributed by atoms with Crippen molar-refractivity contribution in [2.24, 2.45) is 5.92 Å². The number of carbonyl (C=O) groups excluding carboxylic acids is 1. The molecule has 0 saturated carbocycles. The molecule has 0 spiro atoms. The molecule has 1 atom stereocenters. The molecule has 1 N–H and O–H groups in total. The highest BCUT2D eigenvalue weighted by molar-refractivity contribution is 5.95. The van der Waals surface area contributed by atoms with E-state index in [1.807, 2.05) is 61.5 Å². The molecule has 0 aliphatic carbocycles. The average molecular weight is 310 g/mol. The van der Waals surface area contributed by atoms with Crippen LogP contribution in [0, 0.1) is 5.92 Å². The third kappa shape index (κ3) is 4.85. The molecule has 3 nitrogen and oxygen atoms in total. The highest BCUT2D eigenvalue weighted by Gasteiger charge is 2.17. The molecule has 0 saturated heterocycles. The summed E-state index contributed by atoms with van der Waals surface area (Å²) in [5.41, 5.74) is 2.87. The average Bonchev–Trinajstić information content (AvgIpc) is 2.54. The van der Waals surface area contributed by atoms with Gasteiger partial charge in [-0.05, 0) is 36.1 Å². The smallest absolute Gasteiger partial charge is 0.251 e. The van der Waals surface area contributed by atoms with Gasteiger partial charge in [0.25, 0.3) is 5.91 Å². The summed E-state index contributed by atoms with van der Waals surface area (Å²) in [4.78, 5) is 14.7. The van der Waals surface area contributed by atoms with Crippen molar-refractivity contribution in [3.8, 4) is 0 Å². The van der Waals surface area contributed by atoms with E-state index in [2.05, 4.69) is 31.3 Å². The number of nitrogens with one attached hydrogen (secondary N) is 1. The zero-order chi connectivity index (χ0) is 16.8. The van der Waals surface area contributed by atoms with Gasteiger partial charge in [-0.25, -0.2) is 0 Å². The van der Waals surface area contributed by atoms with E-state index in [0.717, 1.165) is 17.7 Å². The van der Waals surface area contributed by atoms with Crippen LogP contribution in [0.1, 0.15) is 42.2 Å². The molecule has 0 unspecified atom stereocenters. The lowest BCUT2D eigenvalue weighted by Crippen LogP contribution is -2.29. The summed E-state index contributed by atoms with van der Waals surface area (Å²) < 4.78 is 0. The number of anilines is 1. The quantitative estimate of drug-likeness (QED) is 0.864. The summed E-state index contributed by atoms with van der Waals surface area (Å²) in [6, 6.07) is 17.9. The van der Waals surface area contributed by atoms with Crippen LogP contribution in [-0.4, -0.2) is 20.0 Å². The lowest BCUT2D eigenvalue weighted by molar-refractivity contribution is 0.0932. The van der Waals surface area contributed by atoms with Crippen LogP contribution in [0.15, 0.2) is 54.6 Å². The third-order valence-electron chi connectivity index (χ3n) is 3.84. The number of nitrogens with zero attached hydrogens (tertiary/aromatic N) is 1. The van der Waals surface area contributed by atoms with Gasteiger partial charge in [0.05, 0.1) is 6.04 Å². The monoisotopic (exact) mass is 310 g/mol. The van der Waals surface area contributed by atoms with Crippen molar-refractivity contribution >= 4 is 11.6 Å². The van der Waals surface area contributed by atoms with Gasteiger partial charge in [-0.1, -0.05) is 50.2 Å². The Labute approximate surface area is 139 Å². The second kappa shape index (κ2) is 7.82. The second-order valence-electron chi connectivity index (χ2n) is 6.51. The fraction of sp³-hybridized carbons (Fsp3) is 0.350. The lowest BCUT2D eigenvalue weighted by atomic mass is 9.96. The third-order valence-corrected chi connectivity index (χ3v) is 3.84. The predicted molar refractivity (Wildman–Crippen MR) is 96.9 cm³/mol. The Balaban J connectivity index is 2.19. The topological polar surface area (TPSA) is 32.3 Å². The van der Waals surface area contributed by atoms with Crippen molar-refractivity contribution in [1.82, 2.24) is 5.32 Å². The minimum absolute atomic E-state index is 0.0248. The van der Waals surface area contributed by atoms with Gasteiger partial charge >= 0.3 is 0 Å². The largest absolute Gasteiger partial charge is 0.378 e. The molecule has 3 heteroatoms. The Kier molecular flexibility index (Phi) is 5.80. The Morgan fingerprint density at radius 1 is 1.04 bits per heavy atom. The molecule has 0 fully saturated rings. The van der Waals surface area contributed by atoms with E-state index in [1.165, 1.54) is 0 Å². The molecule has 0 aliphatic rings. The normalized spacial score (nSPS) is 12.0. The summed E-state index contributed by atoms with van der Waals surface area (Å²) in [5, 5.41) is 3.19. The fourth-order valence-electron chi connectivity index (χ4n) is 2.60. The molecular weight excluding hydrogens is 284 g/mol. The number of rotatable bonds is 6. The van der Waals surface area contributed by atoms with E-state index in [0.29, 0.717) is 11.5 Å². The summed E-state index contributed by atoms with van der Waals surface area (Å²) in [6.07, 6.45) is 0.920. The van der Waals surface area contributed by atoms with E-state index < -0.39 is 0 Å². The van der Waals surface area contributed by atoms with Crippen LogP contribution in [0.3, 0.4) is 0 Å². The summed E-state index contributed by atoms with van der Waals surface area (Å²) >= 11 is 0. The minimum Gasteiger partial charge on any atom is -0.378 e. The number of hydrogen-bond acceptors (Lipinski definition) is 2. The molecule has 0 heterocycles. The van der Waals surface area contributed by atoms with Crippen LogP contribution in [0.5, 0.6) is 0 Å². The molecule has 0 bridgehead atoms. The SMILES string of the molecule is CC(C)C[C@H](NC(=O)c1cccc(N(C)C)c1)c1ccccc1. The maximum atomic E-state index is 12.7. The summed E-state index contributed by atoms with van der Waals surface area (Å²) in [5.74, 6) is 0.483. The van der Waals surface area contributed by atoms with Gasteiger partial charge in [0, 0.05) is 25.3 Å². The number of hydrogen-bond donors (Lipinski definition) is 1. The van der Waals surface area contributed by atoms with Gasteiger partial charge in [-0.15, -0.1) is 0 Å². The Hall–Kier alpha value is -2.29. The number of benzene rings is 2. The first kappa shape index (κ1) is 17.1. The van der Waals surface area contributed by atoms with Crippen LogP contribution in [-0.2, 0) is 0 Å². The van der Waals surface area contributed by atoms with Crippen molar-refractivity contribution in [3.63, 3.8) is 0 Å². The highest BCUT2D eigenvalue weighted by atomic mass is 16.1. The van der Waals surface area contributed by atoms with Crippen LogP contribution < -0.4 is 10.2 Å². The molecule has 1 amide bonds. The van der Waals surface area contributed by atoms with Crippen LogP contribution in [0.2, 0.25) is 0 Å². The molecule has 23 heavy (non-hydrogen) atoms. The van der Waals surface area contributed by atoms with Gasteiger partial charge in [0.2, 0.25) is 0 Å². The van der Waals surface area contributed by atoms with Crippen molar-refractivity contribution in [2.45, 2.75) is 26.3 Å².